The highest BCUT2D eigenvalue weighted by Crippen LogP contribution is 2.37. The molecular formula is C19H18N8. The number of aryl methyl sites for hydroxylation is 1. The first-order chi connectivity index (χ1) is 13.2. The molecule has 0 aromatic carbocycles. The quantitative estimate of drug-likeness (QED) is 0.703. The van der Waals surface area contributed by atoms with Gasteiger partial charge in [-0.2, -0.15) is 10.4 Å². The summed E-state index contributed by atoms with van der Waals surface area (Å²) in [7, 11) is 1.86. The highest BCUT2D eigenvalue weighted by molar-refractivity contribution is 5.63. The lowest BCUT2D eigenvalue weighted by molar-refractivity contribution is 0.639. The van der Waals surface area contributed by atoms with Gasteiger partial charge in [0.25, 0.3) is 0 Å². The minimum absolute atomic E-state index is 0.332. The van der Waals surface area contributed by atoms with Gasteiger partial charge in [0.1, 0.15) is 11.6 Å². The molecule has 2 fully saturated rings. The molecule has 8 nitrogen and oxygen atoms in total. The first kappa shape index (κ1) is 15.8. The minimum Gasteiger partial charge on any atom is -0.363 e. The van der Waals surface area contributed by atoms with Gasteiger partial charge in [-0.25, -0.2) is 9.97 Å². The summed E-state index contributed by atoms with van der Waals surface area (Å²) in [5, 5.41) is 13.7. The summed E-state index contributed by atoms with van der Waals surface area (Å²) in [5.41, 5.74) is 2.52. The average Bonchev–Trinajstić information content (AvgIpc) is 3.43. The van der Waals surface area contributed by atoms with Crippen molar-refractivity contribution in [3.63, 3.8) is 0 Å². The van der Waals surface area contributed by atoms with Gasteiger partial charge in [0.15, 0.2) is 11.6 Å². The van der Waals surface area contributed by atoms with Crippen LogP contribution in [0.25, 0.3) is 11.4 Å². The second-order valence-corrected chi connectivity index (χ2v) is 7.00. The molecular weight excluding hydrogens is 340 g/mol. The van der Waals surface area contributed by atoms with Crippen LogP contribution in [0.4, 0.5) is 11.5 Å². The zero-order valence-corrected chi connectivity index (χ0v) is 14.9. The Hall–Kier alpha value is -3.47. The number of piperazine rings is 1. The Morgan fingerprint density at radius 2 is 2.00 bits per heavy atom. The summed E-state index contributed by atoms with van der Waals surface area (Å²) in [5.74, 6) is 1.33. The van der Waals surface area contributed by atoms with Crippen molar-refractivity contribution in [3.8, 4) is 17.5 Å². The summed E-state index contributed by atoms with van der Waals surface area (Å²) in [6, 6.07) is 7.06. The topological polar surface area (TPSA) is 86.8 Å². The van der Waals surface area contributed by atoms with Crippen LogP contribution in [0.1, 0.15) is 12.0 Å². The van der Waals surface area contributed by atoms with Gasteiger partial charge < -0.3 is 9.80 Å². The van der Waals surface area contributed by atoms with Gasteiger partial charge in [-0.3, -0.25) is 9.67 Å². The summed E-state index contributed by atoms with van der Waals surface area (Å²) in [6.07, 6.45) is 10.0. The third-order valence-corrected chi connectivity index (χ3v) is 5.34. The molecule has 0 radical (unpaired) electrons. The molecule has 0 aliphatic carbocycles. The van der Waals surface area contributed by atoms with Crippen molar-refractivity contribution in [1.29, 1.82) is 5.26 Å². The van der Waals surface area contributed by atoms with E-state index in [1.807, 2.05) is 25.5 Å². The van der Waals surface area contributed by atoms with Crippen LogP contribution in [0, 0.1) is 11.3 Å². The molecule has 134 valence electrons. The minimum atomic E-state index is 0.332. The predicted octanol–water partition coefficient (Wildman–Crippen LogP) is 1.61. The Morgan fingerprint density at radius 1 is 1.15 bits per heavy atom. The number of nitrogens with zero attached hydrogens (tertiary/aromatic N) is 8. The highest BCUT2D eigenvalue weighted by atomic mass is 15.4. The number of nitriles is 1. The second-order valence-electron chi connectivity index (χ2n) is 7.00. The molecule has 2 aliphatic heterocycles. The fraction of sp³-hybridized carbons (Fsp3) is 0.316. The van der Waals surface area contributed by atoms with Crippen LogP contribution in [-0.2, 0) is 7.05 Å². The van der Waals surface area contributed by atoms with Crippen LogP contribution in [-0.4, -0.2) is 49.9 Å². The molecule has 2 saturated heterocycles. The molecule has 27 heavy (non-hydrogen) atoms. The van der Waals surface area contributed by atoms with E-state index in [1.165, 1.54) is 0 Å². The van der Waals surface area contributed by atoms with Crippen LogP contribution in [0.15, 0.2) is 43.1 Å². The predicted molar refractivity (Wildman–Crippen MR) is 100 cm³/mol. The van der Waals surface area contributed by atoms with Crippen molar-refractivity contribution in [2.75, 3.05) is 22.9 Å². The smallest absolute Gasteiger partial charge is 0.164 e. The number of aromatic nitrogens is 5. The van der Waals surface area contributed by atoms with Crippen LogP contribution in [0.2, 0.25) is 0 Å². The number of pyridine rings is 1. The van der Waals surface area contributed by atoms with Gasteiger partial charge in [-0.15, -0.1) is 0 Å². The van der Waals surface area contributed by atoms with Crippen molar-refractivity contribution in [1.82, 2.24) is 24.7 Å². The zero-order chi connectivity index (χ0) is 18.4. The van der Waals surface area contributed by atoms with Crippen molar-refractivity contribution in [2.45, 2.75) is 18.5 Å². The van der Waals surface area contributed by atoms with E-state index in [-0.39, 0.29) is 0 Å². The molecule has 3 aromatic heterocycles. The van der Waals surface area contributed by atoms with Crippen LogP contribution in [0.3, 0.4) is 0 Å². The number of anilines is 2. The third-order valence-electron chi connectivity index (χ3n) is 5.34. The van der Waals surface area contributed by atoms with E-state index < -0.39 is 0 Å². The van der Waals surface area contributed by atoms with Gasteiger partial charge in [-0.05, 0) is 18.6 Å². The zero-order valence-electron chi connectivity index (χ0n) is 14.9. The number of fused-ring (bicyclic) bond motifs is 2. The maximum absolute atomic E-state index is 9.55. The first-order valence-electron chi connectivity index (χ1n) is 8.92. The van der Waals surface area contributed by atoms with Crippen LogP contribution >= 0.6 is 0 Å². The van der Waals surface area contributed by atoms with Crippen LogP contribution in [0.5, 0.6) is 0 Å². The SMILES string of the molecule is Cn1cc(-c2ncc(C#N)c(N3C[C@@H]4C[C@H]3CN4c3cccnc3)n2)cn1. The Morgan fingerprint density at radius 3 is 2.67 bits per heavy atom. The Kier molecular flexibility index (Phi) is 3.53. The lowest BCUT2D eigenvalue weighted by Crippen LogP contribution is -2.47. The molecule has 0 amide bonds. The second kappa shape index (κ2) is 6.06. The molecule has 8 heteroatoms. The highest BCUT2D eigenvalue weighted by Gasteiger charge is 2.44. The molecule has 5 heterocycles. The number of hydrogen-bond acceptors (Lipinski definition) is 7. The van der Waals surface area contributed by atoms with Gasteiger partial charge in [0, 0.05) is 38.6 Å². The molecule has 3 aromatic rings. The van der Waals surface area contributed by atoms with Crippen molar-refractivity contribution >= 4 is 11.5 Å². The molecule has 0 N–H and O–H groups in total. The van der Waals surface area contributed by atoms with E-state index in [4.69, 9.17) is 4.98 Å². The standard InChI is InChI=1S/C19H18N8/c1-25-10-14(8-23-25)18-22-7-13(6-20)19(24-18)27-12-16-5-17(27)11-26(16)15-3-2-4-21-9-15/h2-4,7-10,16-17H,5,11-12H2,1H3/t16-,17-/m0/s1. The van der Waals surface area contributed by atoms with Gasteiger partial charge in [-0.1, -0.05) is 0 Å². The normalized spacial score (nSPS) is 20.9. The molecule has 0 spiro atoms. The fourth-order valence-electron chi connectivity index (χ4n) is 4.11. The van der Waals surface area contributed by atoms with Gasteiger partial charge in [0.2, 0.25) is 0 Å². The number of rotatable bonds is 3. The largest absolute Gasteiger partial charge is 0.363 e. The molecule has 2 atom stereocenters. The van der Waals surface area contributed by atoms with Gasteiger partial charge >= 0.3 is 0 Å². The lowest BCUT2D eigenvalue weighted by atomic mass is 10.2. The summed E-state index contributed by atoms with van der Waals surface area (Å²) < 4.78 is 1.72. The maximum Gasteiger partial charge on any atom is 0.164 e. The monoisotopic (exact) mass is 358 g/mol. The van der Waals surface area contributed by atoms with E-state index in [0.29, 0.717) is 23.5 Å². The maximum atomic E-state index is 9.55. The molecule has 2 aliphatic rings. The van der Waals surface area contributed by atoms with E-state index in [2.05, 4.69) is 37.0 Å². The fourth-order valence-corrected chi connectivity index (χ4v) is 4.11. The Balaban J connectivity index is 1.45. The van der Waals surface area contributed by atoms with E-state index in [1.54, 1.807) is 23.3 Å². The number of hydrogen-bond donors (Lipinski definition) is 0. The third kappa shape index (κ3) is 2.59. The van der Waals surface area contributed by atoms with E-state index in [0.717, 1.165) is 36.6 Å². The van der Waals surface area contributed by atoms with Crippen LogP contribution < -0.4 is 9.80 Å². The first-order valence-corrected chi connectivity index (χ1v) is 8.92. The average molecular weight is 358 g/mol. The molecule has 2 bridgehead atoms. The van der Waals surface area contributed by atoms with E-state index >= 15 is 0 Å². The van der Waals surface area contributed by atoms with Crippen molar-refractivity contribution < 1.29 is 0 Å². The van der Waals surface area contributed by atoms with Gasteiger partial charge in [0.05, 0.1) is 35.9 Å². The lowest BCUT2D eigenvalue weighted by Gasteiger charge is -2.36. The Bertz CT molecular complexity index is 1020. The summed E-state index contributed by atoms with van der Waals surface area (Å²) >= 11 is 0. The molecule has 0 unspecified atom stereocenters. The summed E-state index contributed by atoms with van der Waals surface area (Å²) in [4.78, 5) is 18.0. The molecule has 0 saturated carbocycles. The van der Waals surface area contributed by atoms with Crippen molar-refractivity contribution in [3.05, 3.63) is 48.7 Å². The Labute approximate surface area is 156 Å². The summed E-state index contributed by atoms with van der Waals surface area (Å²) in [6.45, 7) is 1.76. The van der Waals surface area contributed by atoms with E-state index in [9.17, 15) is 5.26 Å². The van der Waals surface area contributed by atoms with Crippen molar-refractivity contribution in [2.24, 2.45) is 7.05 Å². The molecule has 5 rings (SSSR count).